The zero-order chi connectivity index (χ0) is 16.0. The van der Waals surface area contributed by atoms with Crippen LogP contribution in [0.3, 0.4) is 0 Å². The molecule has 112 valence electrons. The fourth-order valence-electron chi connectivity index (χ4n) is 2.03. The number of nitrogens with zero attached hydrogens (tertiary/aromatic N) is 2. The van der Waals surface area contributed by atoms with E-state index in [0.29, 0.717) is 25.5 Å². The van der Waals surface area contributed by atoms with E-state index in [2.05, 4.69) is 5.32 Å². The van der Waals surface area contributed by atoms with E-state index >= 15 is 0 Å². The van der Waals surface area contributed by atoms with Gasteiger partial charge in [-0.25, -0.2) is 0 Å². The average Bonchev–Trinajstić information content (AvgIpc) is 2.48. The number of nitro groups is 2. The van der Waals surface area contributed by atoms with Crippen molar-refractivity contribution in [2.75, 3.05) is 5.32 Å². The monoisotopic (exact) mass is 357 g/mol. The summed E-state index contributed by atoms with van der Waals surface area (Å²) in [6, 6.07) is 5.34. The number of nitrogens with one attached hydrogen (secondary N) is 1. The fraction of sp³-hybridized carbons (Fsp3) is 0. The first-order valence-electron chi connectivity index (χ1n) is 5.78. The number of halogens is 2. The molecule has 0 unspecified atom stereocenters. The Balaban J connectivity index is 2.24. The molecular weight excluding hydrogens is 353 g/mol. The van der Waals surface area contributed by atoms with Crippen LogP contribution in [0.2, 0.25) is 10.0 Å². The Morgan fingerprint density at radius 1 is 1.00 bits per heavy atom. The summed E-state index contributed by atoms with van der Waals surface area (Å²) < 4.78 is 0. The van der Waals surface area contributed by atoms with Gasteiger partial charge in [-0.15, -0.1) is 0 Å². The van der Waals surface area contributed by atoms with Gasteiger partial charge in [0.25, 0.3) is 5.69 Å². The first-order valence-corrected chi connectivity index (χ1v) is 7.35. The second-order valence-corrected chi connectivity index (χ2v) is 6.18. The van der Waals surface area contributed by atoms with Crippen LogP contribution < -0.4 is 5.32 Å². The van der Waals surface area contributed by atoms with Crippen molar-refractivity contribution in [1.29, 1.82) is 0 Å². The summed E-state index contributed by atoms with van der Waals surface area (Å²) in [6.07, 6.45) is 0. The van der Waals surface area contributed by atoms with Crippen LogP contribution in [0.5, 0.6) is 0 Å². The lowest BCUT2D eigenvalue weighted by Crippen LogP contribution is -2.05. The van der Waals surface area contributed by atoms with Crippen LogP contribution in [0.4, 0.5) is 22.7 Å². The third-order valence-corrected chi connectivity index (χ3v) is 4.91. The molecule has 1 aliphatic rings. The highest BCUT2D eigenvalue weighted by molar-refractivity contribution is 8.00. The highest BCUT2D eigenvalue weighted by Gasteiger charge is 2.30. The molecule has 0 saturated heterocycles. The topological polar surface area (TPSA) is 98.3 Å². The summed E-state index contributed by atoms with van der Waals surface area (Å²) in [5.41, 5.74) is -0.138. The molecule has 2 aromatic rings. The average molecular weight is 358 g/mol. The van der Waals surface area contributed by atoms with Gasteiger partial charge >= 0.3 is 5.69 Å². The van der Waals surface area contributed by atoms with Crippen molar-refractivity contribution in [3.8, 4) is 0 Å². The summed E-state index contributed by atoms with van der Waals surface area (Å²) in [6.45, 7) is 0. The number of benzene rings is 2. The highest BCUT2D eigenvalue weighted by atomic mass is 35.5. The minimum absolute atomic E-state index is 0.164. The van der Waals surface area contributed by atoms with E-state index in [0.717, 1.165) is 17.8 Å². The molecule has 1 heterocycles. The SMILES string of the molecule is O=[N+]([O-])c1cc2c(c([N+](=O)[O-])c1)Nc1c(Cl)ccc(Cl)c1S2. The molecule has 0 aliphatic carbocycles. The third kappa shape index (κ3) is 2.35. The summed E-state index contributed by atoms with van der Waals surface area (Å²) >= 11 is 13.3. The lowest BCUT2D eigenvalue weighted by molar-refractivity contribution is -0.393. The maximum atomic E-state index is 11.2. The quantitative estimate of drug-likeness (QED) is 0.510. The maximum absolute atomic E-state index is 11.2. The minimum Gasteiger partial charge on any atom is -0.347 e. The molecule has 0 aromatic heterocycles. The summed E-state index contributed by atoms with van der Waals surface area (Å²) in [7, 11) is 0. The Morgan fingerprint density at radius 2 is 1.68 bits per heavy atom. The van der Waals surface area contributed by atoms with Crippen LogP contribution in [-0.4, -0.2) is 9.85 Å². The lowest BCUT2D eigenvalue weighted by atomic mass is 10.2. The molecular formula is C12H5Cl2N3O4S. The molecule has 10 heteroatoms. The van der Waals surface area contributed by atoms with E-state index in [-0.39, 0.29) is 11.4 Å². The number of rotatable bonds is 2. The van der Waals surface area contributed by atoms with Crippen LogP contribution in [0.1, 0.15) is 0 Å². The van der Waals surface area contributed by atoms with E-state index in [9.17, 15) is 20.2 Å². The van der Waals surface area contributed by atoms with E-state index in [1.54, 1.807) is 12.1 Å². The van der Waals surface area contributed by atoms with Crippen molar-refractivity contribution in [3.05, 3.63) is 54.5 Å². The van der Waals surface area contributed by atoms with Crippen molar-refractivity contribution in [2.45, 2.75) is 9.79 Å². The van der Waals surface area contributed by atoms with E-state index in [1.807, 2.05) is 0 Å². The molecule has 0 spiro atoms. The van der Waals surface area contributed by atoms with Crippen molar-refractivity contribution in [1.82, 2.24) is 0 Å². The van der Waals surface area contributed by atoms with Crippen molar-refractivity contribution < 1.29 is 9.85 Å². The molecule has 0 atom stereocenters. The Labute approximate surface area is 137 Å². The van der Waals surface area contributed by atoms with Crippen LogP contribution in [0.25, 0.3) is 0 Å². The number of non-ortho nitro benzene ring substituents is 1. The van der Waals surface area contributed by atoms with Crippen molar-refractivity contribution >= 4 is 57.7 Å². The largest absolute Gasteiger partial charge is 0.347 e. The molecule has 3 rings (SSSR count). The Bertz CT molecular complexity index is 844. The van der Waals surface area contributed by atoms with Gasteiger partial charge in [-0.05, 0) is 12.1 Å². The summed E-state index contributed by atoms with van der Waals surface area (Å²) in [4.78, 5) is 21.7. The van der Waals surface area contributed by atoms with Gasteiger partial charge < -0.3 is 5.32 Å². The van der Waals surface area contributed by atoms with Crippen molar-refractivity contribution in [2.24, 2.45) is 0 Å². The van der Waals surface area contributed by atoms with Crippen LogP contribution in [-0.2, 0) is 0 Å². The van der Waals surface area contributed by atoms with Gasteiger partial charge in [0, 0.05) is 11.0 Å². The zero-order valence-electron chi connectivity index (χ0n) is 10.5. The molecule has 0 bridgehead atoms. The van der Waals surface area contributed by atoms with Gasteiger partial charge in [0.1, 0.15) is 5.69 Å². The minimum atomic E-state index is -0.678. The predicted molar refractivity (Wildman–Crippen MR) is 83.6 cm³/mol. The lowest BCUT2D eigenvalue weighted by Gasteiger charge is -2.22. The predicted octanol–water partition coefficient (Wildman–Crippen LogP) is 5.02. The van der Waals surface area contributed by atoms with Gasteiger partial charge in [-0.2, -0.15) is 0 Å². The van der Waals surface area contributed by atoms with Gasteiger partial charge in [-0.3, -0.25) is 20.2 Å². The number of hydrogen-bond donors (Lipinski definition) is 1. The molecule has 1 aliphatic heterocycles. The number of nitro benzene ring substituents is 2. The normalized spacial score (nSPS) is 12.1. The van der Waals surface area contributed by atoms with E-state index in [4.69, 9.17) is 23.2 Å². The van der Waals surface area contributed by atoms with Gasteiger partial charge in [-0.1, -0.05) is 35.0 Å². The molecule has 7 nitrogen and oxygen atoms in total. The van der Waals surface area contributed by atoms with E-state index in [1.165, 1.54) is 6.07 Å². The second kappa shape index (κ2) is 5.31. The van der Waals surface area contributed by atoms with Crippen LogP contribution in [0, 0.1) is 20.2 Å². The summed E-state index contributed by atoms with van der Waals surface area (Å²) in [5, 5.41) is 25.7. The molecule has 1 N–H and O–H groups in total. The first kappa shape index (κ1) is 14.9. The first-order chi connectivity index (χ1) is 10.4. The fourth-order valence-corrected chi connectivity index (χ4v) is 3.65. The molecule has 0 saturated carbocycles. The molecule has 22 heavy (non-hydrogen) atoms. The van der Waals surface area contributed by atoms with Gasteiger partial charge in [0.05, 0.1) is 36.5 Å². The second-order valence-electron chi connectivity index (χ2n) is 4.31. The molecule has 0 fully saturated rings. The number of anilines is 2. The number of hydrogen-bond acceptors (Lipinski definition) is 6. The molecule has 0 radical (unpaired) electrons. The maximum Gasteiger partial charge on any atom is 0.300 e. The Hall–Kier alpha value is -2.03. The van der Waals surface area contributed by atoms with E-state index < -0.39 is 15.5 Å². The standard InChI is InChI=1S/C12H5Cl2N3O4S/c13-6-1-2-7(14)12-10(6)15-11-8(17(20)21)3-5(16(18)19)4-9(11)22-12/h1-4,15H. The van der Waals surface area contributed by atoms with Crippen LogP contribution in [0.15, 0.2) is 34.1 Å². The Kier molecular flexibility index (Phi) is 3.59. The van der Waals surface area contributed by atoms with Gasteiger partial charge in [0.15, 0.2) is 0 Å². The van der Waals surface area contributed by atoms with Crippen molar-refractivity contribution in [3.63, 3.8) is 0 Å². The van der Waals surface area contributed by atoms with Crippen LogP contribution >= 0.6 is 35.0 Å². The zero-order valence-corrected chi connectivity index (χ0v) is 12.8. The highest BCUT2D eigenvalue weighted by Crippen LogP contribution is 2.53. The number of fused-ring (bicyclic) bond motifs is 2. The van der Waals surface area contributed by atoms with Gasteiger partial charge in [0.2, 0.25) is 0 Å². The smallest absolute Gasteiger partial charge is 0.300 e. The third-order valence-electron chi connectivity index (χ3n) is 2.99. The molecule has 2 aromatic carbocycles. The molecule has 0 amide bonds. The summed E-state index contributed by atoms with van der Waals surface area (Å²) in [5.74, 6) is 0. The Morgan fingerprint density at radius 3 is 2.32 bits per heavy atom.